The van der Waals surface area contributed by atoms with E-state index in [1.807, 2.05) is 37.4 Å². The second kappa shape index (κ2) is 5.29. The number of benzene rings is 1. The largest absolute Gasteiger partial charge is 0.325 e. The lowest BCUT2D eigenvalue weighted by molar-refractivity contribution is -0.122. The summed E-state index contributed by atoms with van der Waals surface area (Å²) in [5.74, 6) is 0.0743. The predicted molar refractivity (Wildman–Crippen MR) is 69.0 cm³/mol. The fourth-order valence-electron chi connectivity index (χ4n) is 2.04. The summed E-state index contributed by atoms with van der Waals surface area (Å²) in [7, 11) is 4.05. The number of hydrogen-bond donors (Lipinski definition) is 1. The molecule has 1 aromatic rings. The van der Waals surface area contributed by atoms with Crippen molar-refractivity contribution in [1.29, 1.82) is 0 Å². The highest BCUT2D eigenvalue weighted by Gasteiger charge is 2.28. The van der Waals surface area contributed by atoms with Gasteiger partial charge in [0.1, 0.15) is 6.04 Å². The summed E-state index contributed by atoms with van der Waals surface area (Å²) in [6, 6.07) is 9.54. The number of piperazine rings is 1. The zero-order valence-corrected chi connectivity index (χ0v) is 10.4. The molecule has 0 aliphatic carbocycles. The number of likely N-dealkylation sites (N-methyl/N-ethyl adjacent to an activating group) is 2. The molecule has 1 unspecified atom stereocenters. The van der Waals surface area contributed by atoms with Gasteiger partial charge in [-0.25, -0.2) is 0 Å². The first-order chi connectivity index (χ1) is 8.16. The highest BCUT2D eigenvalue weighted by Crippen LogP contribution is 2.10. The lowest BCUT2D eigenvalue weighted by atomic mass is 10.1. The van der Waals surface area contributed by atoms with E-state index >= 15 is 0 Å². The maximum Gasteiger partial charge on any atom is 0.243 e. The molecule has 0 spiro atoms. The van der Waals surface area contributed by atoms with Crippen LogP contribution in [0, 0.1) is 0 Å². The van der Waals surface area contributed by atoms with Gasteiger partial charge in [0.25, 0.3) is 0 Å². The second-order valence-corrected chi connectivity index (χ2v) is 4.61. The zero-order chi connectivity index (χ0) is 12.3. The zero-order valence-electron chi connectivity index (χ0n) is 10.4. The summed E-state index contributed by atoms with van der Waals surface area (Å²) in [4.78, 5) is 16.4. The van der Waals surface area contributed by atoms with Crippen molar-refractivity contribution in [1.82, 2.24) is 9.80 Å². The molecule has 1 fully saturated rings. The quantitative estimate of drug-likeness (QED) is 0.823. The number of amides is 1. The molecular formula is C13H19N3O. The van der Waals surface area contributed by atoms with Crippen LogP contribution in [0.2, 0.25) is 0 Å². The molecule has 0 aromatic heterocycles. The topological polar surface area (TPSA) is 35.6 Å². The molecule has 4 nitrogen and oxygen atoms in total. The number of carbonyl (C=O) groups is 1. The summed E-state index contributed by atoms with van der Waals surface area (Å²) in [6.45, 7) is 2.74. The highest BCUT2D eigenvalue weighted by molar-refractivity contribution is 5.95. The Kier molecular flexibility index (Phi) is 3.76. The third-order valence-corrected chi connectivity index (χ3v) is 3.20. The molecule has 1 aliphatic heterocycles. The molecule has 1 atom stereocenters. The van der Waals surface area contributed by atoms with E-state index in [0.29, 0.717) is 0 Å². The molecule has 2 rings (SSSR count). The molecule has 0 saturated carbocycles. The molecule has 1 amide bonds. The van der Waals surface area contributed by atoms with Gasteiger partial charge in [0.05, 0.1) is 0 Å². The highest BCUT2D eigenvalue weighted by atomic mass is 16.2. The van der Waals surface area contributed by atoms with Crippen LogP contribution in [-0.2, 0) is 4.79 Å². The summed E-state index contributed by atoms with van der Waals surface area (Å²) < 4.78 is 0. The number of nitrogens with zero attached hydrogens (tertiary/aromatic N) is 2. The van der Waals surface area contributed by atoms with Gasteiger partial charge in [-0.05, 0) is 26.2 Å². The number of para-hydroxylation sites is 1. The Morgan fingerprint density at radius 2 is 1.94 bits per heavy atom. The van der Waals surface area contributed by atoms with Gasteiger partial charge in [-0.1, -0.05) is 18.2 Å². The van der Waals surface area contributed by atoms with E-state index in [0.717, 1.165) is 25.3 Å². The maximum atomic E-state index is 12.1. The first-order valence-corrected chi connectivity index (χ1v) is 5.91. The van der Waals surface area contributed by atoms with Crippen molar-refractivity contribution in [2.75, 3.05) is 39.0 Å². The van der Waals surface area contributed by atoms with Crippen LogP contribution in [0.5, 0.6) is 0 Å². The van der Waals surface area contributed by atoms with Crippen molar-refractivity contribution in [3.63, 3.8) is 0 Å². The molecule has 1 aromatic carbocycles. The minimum absolute atomic E-state index is 0.0612. The van der Waals surface area contributed by atoms with Gasteiger partial charge in [-0.15, -0.1) is 0 Å². The van der Waals surface area contributed by atoms with Crippen LogP contribution in [0.1, 0.15) is 0 Å². The lowest BCUT2D eigenvalue weighted by Gasteiger charge is -2.36. The number of carbonyl (C=O) groups excluding carboxylic acids is 1. The summed E-state index contributed by atoms with van der Waals surface area (Å²) in [5, 5.41) is 2.96. The van der Waals surface area contributed by atoms with Crippen LogP contribution in [0.4, 0.5) is 5.69 Å². The Labute approximate surface area is 102 Å². The number of rotatable bonds is 2. The van der Waals surface area contributed by atoms with Crippen LogP contribution >= 0.6 is 0 Å². The van der Waals surface area contributed by atoms with Gasteiger partial charge in [-0.3, -0.25) is 9.69 Å². The monoisotopic (exact) mass is 233 g/mol. The summed E-state index contributed by atoms with van der Waals surface area (Å²) >= 11 is 0. The first-order valence-electron chi connectivity index (χ1n) is 5.91. The van der Waals surface area contributed by atoms with Gasteiger partial charge in [0.2, 0.25) is 5.91 Å². The van der Waals surface area contributed by atoms with E-state index in [1.165, 1.54) is 0 Å². The Bertz CT molecular complexity index is 380. The standard InChI is InChI=1S/C13H19N3O/c1-15-8-9-16(2)12(10-15)13(17)14-11-6-4-3-5-7-11/h3-7,12H,8-10H2,1-2H3,(H,14,17). The predicted octanol–water partition coefficient (Wildman–Crippen LogP) is 0.871. The second-order valence-electron chi connectivity index (χ2n) is 4.61. The Morgan fingerprint density at radius 1 is 1.24 bits per heavy atom. The molecule has 1 aliphatic rings. The van der Waals surface area contributed by atoms with E-state index in [9.17, 15) is 4.79 Å². The van der Waals surface area contributed by atoms with Crippen LogP contribution in [0.15, 0.2) is 30.3 Å². The van der Waals surface area contributed by atoms with Gasteiger partial charge < -0.3 is 10.2 Å². The molecule has 92 valence electrons. The van der Waals surface area contributed by atoms with E-state index in [2.05, 4.69) is 22.2 Å². The Morgan fingerprint density at radius 3 is 2.65 bits per heavy atom. The maximum absolute atomic E-state index is 12.1. The first kappa shape index (κ1) is 12.1. The van der Waals surface area contributed by atoms with E-state index in [4.69, 9.17) is 0 Å². The van der Waals surface area contributed by atoms with Crippen LogP contribution < -0.4 is 5.32 Å². The molecule has 1 heterocycles. The fraction of sp³-hybridized carbons (Fsp3) is 0.462. The van der Waals surface area contributed by atoms with Gasteiger partial charge >= 0.3 is 0 Å². The van der Waals surface area contributed by atoms with Gasteiger partial charge in [0, 0.05) is 25.3 Å². The lowest BCUT2D eigenvalue weighted by Crippen LogP contribution is -2.55. The normalized spacial score (nSPS) is 22.4. The molecule has 1 saturated heterocycles. The third-order valence-electron chi connectivity index (χ3n) is 3.20. The average Bonchev–Trinajstić information content (AvgIpc) is 2.33. The fourth-order valence-corrected chi connectivity index (χ4v) is 2.04. The van der Waals surface area contributed by atoms with E-state index < -0.39 is 0 Å². The van der Waals surface area contributed by atoms with Crippen molar-refractivity contribution in [2.45, 2.75) is 6.04 Å². The minimum atomic E-state index is -0.0612. The summed E-state index contributed by atoms with van der Waals surface area (Å²) in [6.07, 6.45) is 0. The number of hydrogen-bond acceptors (Lipinski definition) is 3. The molecular weight excluding hydrogens is 214 g/mol. The van der Waals surface area contributed by atoms with Crippen LogP contribution in [-0.4, -0.2) is 55.5 Å². The van der Waals surface area contributed by atoms with Crippen molar-refractivity contribution >= 4 is 11.6 Å². The van der Waals surface area contributed by atoms with Crippen molar-refractivity contribution < 1.29 is 4.79 Å². The smallest absolute Gasteiger partial charge is 0.243 e. The van der Waals surface area contributed by atoms with Crippen molar-refractivity contribution in [3.8, 4) is 0 Å². The minimum Gasteiger partial charge on any atom is -0.325 e. The molecule has 0 radical (unpaired) electrons. The Hall–Kier alpha value is -1.39. The van der Waals surface area contributed by atoms with Crippen LogP contribution in [0.25, 0.3) is 0 Å². The molecule has 0 bridgehead atoms. The molecule has 17 heavy (non-hydrogen) atoms. The summed E-state index contributed by atoms with van der Waals surface area (Å²) in [5.41, 5.74) is 0.860. The molecule has 1 N–H and O–H groups in total. The number of nitrogens with one attached hydrogen (secondary N) is 1. The van der Waals surface area contributed by atoms with Crippen molar-refractivity contribution in [2.24, 2.45) is 0 Å². The average molecular weight is 233 g/mol. The van der Waals surface area contributed by atoms with E-state index in [-0.39, 0.29) is 11.9 Å². The van der Waals surface area contributed by atoms with Crippen molar-refractivity contribution in [3.05, 3.63) is 30.3 Å². The van der Waals surface area contributed by atoms with Gasteiger partial charge in [0.15, 0.2) is 0 Å². The van der Waals surface area contributed by atoms with Gasteiger partial charge in [-0.2, -0.15) is 0 Å². The SMILES string of the molecule is CN1CCN(C)C(C(=O)Nc2ccccc2)C1. The Balaban J connectivity index is 1.99. The number of anilines is 1. The van der Waals surface area contributed by atoms with E-state index in [1.54, 1.807) is 0 Å². The van der Waals surface area contributed by atoms with Crippen LogP contribution in [0.3, 0.4) is 0 Å². The third kappa shape index (κ3) is 3.05. The molecule has 4 heteroatoms.